The number of benzene rings is 1. The lowest BCUT2D eigenvalue weighted by atomic mass is 9.84. The molecule has 0 spiro atoms. The molecule has 1 aliphatic heterocycles. The summed E-state index contributed by atoms with van der Waals surface area (Å²) in [6, 6.07) is 3.96. The smallest absolute Gasteiger partial charge is 0.250 e. The van der Waals surface area contributed by atoms with Crippen LogP contribution < -0.4 is 10.2 Å². The Bertz CT molecular complexity index is 543. The fraction of sp³-hybridized carbons (Fsp3) is 0.467. The molecule has 1 heterocycles. The third-order valence-corrected chi connectivity index (χ3v) is 3.44. The first-order chi connectivity index (χ1) is 9.21. The summed E-state index contributed by atoms with van der Waals surface area (Å²) >= 11 is 0. The van der Waals surface area contributed by atoms with E-state index in [1.54, 1.807) is 19.1 Å². The Morgan fingerprint density at radius 3 is 2.50 bits per heavy atom. The zero-order valence-corrected chi connectivity index (χ0v) is 12.2. The van der Waals surface area contributed by atoms with Crippen molar-refractivity contribution in [2.24, 2.45) is 5.41 Å². The molecule has 5 heteroatoms. The van der Waals surface area contributed by atoms with Crippen molar-refractivity contribution in [2.75, 3.05) is 11.4 Å². The topological polar surface area (TPSA) is 49.4 Å². The van der Waals surface area contributed by atoms with Gasteiger partial charge in [-0.3, -0.25) is 14.5 Å². The van der Waals surface area contributed by atoms with Crippen molar-refractivity contribution in [3.8, 4) is 0 Å². The first-order valence-electron chi connectivity index (χ1n) is 6.57. The molecule has 1 aromatic carbocycles. The normalized spacial score (nSPS) is 20.1. The minimum atomic E-state index is -0.650. The fourth-order valence-electron chi connectivity index (χ4n) is 2.39. The lowest BCUT2D eigenvalue weighted by Crippen LogP contribution is -2.62. The highest BCUT2D eigenvalue weighted by atomic mass is 19.1. The summed E-state index contributed by atoms with van der Waals surface area (Å²) in [5.74, 6) is -1.03. The monoisotopic (exact) mass is 278 g/mol. The van der Waals surface area contributed by atoms with Gasteiger partial charge < -0.3 is 5.32 Å². The molecule has 0 aromatic heterocycles. The van der Waals surface area contributed by atoms with Gasteiger partial charge in [0.15, 0.2) is 0 Å². The minimum absolute atomic E-state index is 0.146. The van der Waals surface area contributed by atoms with E-state index in [2.05, 4.69) is 5.32 Å². The third kappa shape index (κ3) is 2.53. The van der Waals surface area contributed by atoms with Crippen LogP contribution in [0, 0.1) is 18.2 Å². The summed E-state index contributed by atoms with van der Waals surface area (Å²) in [6.07, 6.45) is 0. The van der Waals surface area contributed by atoms with Crippen LogP contribution >= 0.6 is 0 Å². The van der Waals surface area contributed by atoms with Crippen molar-refractivity contribution >= 4 is 17.5 Å². The molecule has 0 saturated carbocycles. The molecule has 2 rings (SSSR count). The number of halogens is 1. The second-order valence-electron chi connectivity index (χ2n) is 6.20. The molecule has 1 N–H and O–H groups in total. The van der Waals surface area contributed by atoms with Crippen molar-refractivity contribution in [3.05, 3.63) is 29.6 Å². The number of carbonyl (C=O) groups is 2. The summed E-state index contributed by atoms with van der Waals surface area (Å²) < 4.78 is 14.0. The minimum Gasteiger partial charge on any atom is -0.342 e. The van der Waals surface area contributed by atoms with Gasteiger partial charge in [0.2, 0.25) is 5.91 Å². The Hall–Kier alpha value is -1.91. The number of nitrogens with zero attached hydrogens (tertiary/aromatic N) is 1. The van der Waals surface area contributed by atoms with Crippen molar-refractivity contribution in [3.63, 3.8) is 0 Å². The summed E-state index contributed by atoms with van der Waals surface area (Å²) in [4.78, 5) is 25.7. The van der Waals surface area contributed by atoms with Gasteiger partial charge in [0.05, 0.1) is 5.69 Å². The quantitative estimate of drug-likeness (QED) is 0.854. The molecular weight excluding hydrogens is 259 g/mol. The maximum atomic E-state index is 14.0. The molecule has 108 valence electrons. The average Bonchev–Trinajstić information content (AvgIpc) is 2.31. The van der Waals surface area contributed by atoms with E-state index in [-0.39, 0.29) is 24.0 Å². The zero-order valence-electron chi connectivity index (χ0n) is 12.2. The van der Waals surface area contributed by atoms with Gasteiger partial charge in [-0.25, -0.2) is 4.39 Å². The number of rotatable bonds is 1. The second kappa shape index (κ2) is 4.89. The lowest BCUT2D eigenvalue weighted by molar-refractivity contribution is -0.133. The number of anilines is 1. The van der Waals surface area contributed by atoms with Gasteiger partial charge in [0.1, 0.15) is 18.4 Å². The Morgan fingerprint density at radius 1 is 1.30 bits per heavy atom. The van der Waals surface area contributed by atoms with Crippen molar-refractivity contribution in [2.45, 2.75) is 33.7 Å². The Labute approximate surface area is 118 Å². The van der Waals surface area contributed by atoms with E-state index in [1.807, 2.05) is 20.8 Å². The molecule has 0 aliphatic carbocycles. The molecule has 1 aromatic rings. The molecule has 4 nitrogen and oxygen atoms in total. The highest BCUT2D eigenvalue weighted by Crippen LogP contribution is 2.29. The fourth-order valence-corrected chi connectivity index (χ4v) is 2.39. The molecular formula is C15H19FN2O2. The van der Waals surface area contributed by atoms with Gasteiger partial charge in [-0.05, 0) is 24.0 Å². The van der Waals surface area contributed by atoms with Crippen molar-refractivity contribution < 1.29 is 14.0 Å². The van der Waals surface area contributed by atoms with E-state index in [1.165, 1.54) is 11.0 Å². The number of aryl methyl sites for hydroxylation is 1. The van der Waals surface area contributed by atoms with Crippen LogP contribution in [0.4, 0.5) is 10.1 Å². The van der Waals surface area contributed by atoms with E-state index >= 15 is 0 Å². The number of amides is 2. The SMILES string of the molecule is Cc1cccc(F)c1N1CC(=O)NC(C(C)(C)C)C1=O. The van der Waals surface area contributed by atoms with Crippen LogP contribution in [0.15, 0.2) is 18.2 Å². The van der Waals surface area contributed by atoms with Crippen LogP contribution in [-0.4, -0.2) is 24.4 Å². The summed E-state index contributed by atoms with van der Waals surface area (Å²) in [5, 5.41) is 2.69. The van der Waals surface area contributed by atoms with Gasteiger partial charge in [0.25, 0.3) is 5.91 Å². The van der Waals surface area contributed by atoms with Gasteiger partial charge in [-0.15, -0.1) is 0 Å². The zero-order chi connectivity index (χ0) is 15.1. The Balaban J connectivity index is 2.46. The van der Waals surface area contributed by atoms with E-state index in [9.17, 15) is 14.0 Å². The van der Waals surface area contributed by atoms with Crippen LogP contribution in [0.5, 0.6) is 0 Å². The lowest BCUT2D eigenvalue weighted by Gasteiger charge is -2.39. The highest BCUT2D eigenvalue weighted by Gasteiger charge is 2.41. The van der Waals surface area contributed by atoms with Crippen LogP contribution in [0.3, 0.4) is 0 Å². The third-order valence-electron chi connectivity index (χ3n) is 3.44. The molecule has 2 amide bonds. The van der Waals surface area contributed by atoms with Gasteiger partial charge in [-0.2, -0.15) is 0 Å². The summed E-state index contributed by atoms with van der Waals surface area (Å²) in [5.41, 5.74) is 0.409. The molecule has 1 saturated heterocycles. The van der Waals surface area contributed by atoms with Crippen molar-refractivity contribution in [1.82, 2.24) is 5.32 Å². The number of hydrogen-bond donors (Lipinski definition) is 1. The number of para-hydroxylation sites is 1. The van der Waals surface area contributed by atoms with Crippen LogP contribution in [0.2, 0.25) is 0 Å². The molecule has 1 fully saturated rings. The molecule has 1 aliphatic rings. The maximum absolute atomic E-state index is 14.0. The molecule has 0 bridgehead atoms. The average molecular weight is 278 g/mol. The van der Waals surface area contributed by atoms with Crippen LogP contribution in [0.25, 0.3) is 0 Å². The molecule has 0 radical (unpaired) electrons. The predicted octanol–water partition coefficient (Wildman–Crippen LogP) is 2.01. The van der Waals surface area contributed by atoms with E-state index in [0.29, 0.717) is 5.56 Å². The number of hydrogen-bond acceptors (Lipinski definition) is 2. The molecule has 1 atom stereocenters. The van der Waals surface area contributed by atoms with E-state index in [4.69, 9.17) is 0 Å². The van der Waals surface area contributed by atoms with Crippen LogP contribution in [-0.2, 0) is 9.59 Å². The Morgan fingerprint density at radius 2 is 1.95 bits per heavy atom. The first-order valence-corrected chi connectivity index (χ1v) is 6.57. The van der Waals surface area contributed by atoms with Crippen molar-refractivity contribution in [1.29, 1.82) is 0 Å². The number of nitrogens with one attached hydrogen (secondary N) is 1. The second-order valence-corrected chi connectivity index (χ2v) is 6.20. The van der Waals surface area contributed by atoms with E-state index in [0.717, 1.165) is 0 Å². The summed E-state index contributed by atoms with van der Waals surface area (Å²) in [7, 11) is 0. The molecule has 20 heavy (non-hydrogen) atoms. The summed E-state index contributed by atoms with van der Waals surface area (Å²) in [6.45, 7) is 7.19. The predicted molar refractivity (Wildman–Crippen MR) is 74.9 cm³/mol. The number of piperazine rings is 1. The Kier molecular flexibility index (Phi) is 3.54. The standard InChI is InChI=1S/C15H19FN2O2/c1-9-6-5-7-10(16)12(9)18-8-11(19)17-13(14(18)20)15(2,3)4/h5-7,13H,8H2,1-4H3,(H,17,19). The van der Waals surface area contributed by atoms with Crippen LogP contribution in [0.1, 0.15) is 26.3 Å². The van der Waals surface area contributed by atoms with Gasteiger partial charge in [-0.1, -0.05) is 32.9 Å². The largest absolute Gasteiger partial charge is 0.342 e. The highest BCUT2D eigenvalue weighted by molar-refractivity contribution is 6.07. The molecule has 1 unspecified atom stereocenters. The van der Waals surface area contributed by atoms with Gasteiger partial charge >= 0.3 is 0 Å². The number of carbonyl (C=O) groups excluding carboxylic acids is 2. The first kappa shape index (κ1) is 14.5. The van der Waals surface area contributed by atoms with Gasteiger partial charge in [0, 0.05) is 0 Å². The van der Waals surface area contributed by atoms with E-state index < -0.39 is 17.3 Å². The maximum Gasteiger partial charge on any atom is 0.250 e.